The number of rotatable bonds is 5. The van der Waals surface area contributed by atoms with Crippen LogP contribution in [0, 0.1) is 0 Å². The maximum Gasteiger partial charge on any atom is 0.407 e. The second-order valence-electron chi connectivity index (χ2n) is 7.79. The first-order chi connectivity index (χ1) is 14.0. The number of hydrogen-bond acceptors (Lipinski definition) is 4. The molecule has 1 aliphatic carbocycles. The van der Waals surface area contributed by atoms with Crippen molar-refractivity contribution in [1.82, 2.24) is 10.2 Å². The highest BCUT2D eigenvalue weighted by Gasteiger charge is 2.30. The Morgan fingerprint density at radius 2 is 1.62 bits per heavy atom. The highest BCUT2D eigenvalue weighted by atomic mass is 16.5. The lowest BCUT2D eigenvalue weighted by Crippen LogP contribution is -2.49. The maximum absolute atomic E-state index is 12.4. The summed E-state index contributed by atoms with van der Waals surface area (Å²) in [4.78, 5) is 25.4. The number of carboxylic acids is 1. The maximum atomic E-state index is 12.4. The average Bonchev–Trinajstić information content (AvgIpc) is 3.06. The van der Waals surface area contributed by atoms with E-state index < -0.39 is 18.1 Å². The summed E-state index contributed by atoms with van der Waals surface area (Å²) in [7, 11) is 0. The van der Waals surface area contributed by atoms with Crippen molar-refractivity contribution in [2.75, 3.05) is 19.7 Å². The Kier molecular flexibility index (Phi) is 5.53. The molecule has 0 saturated carbocycles. The predicted octanol–water partition coefficient (Wildman–Crippen LogP) is 3.46. The summed E-state index contributed by atoms with van der Waals surface area (Å²) >= 11 is 0. The van der Waals surface area contributed by atoms with Gasteiger partial charge in [-0.2, -0.15) is 0 Å². The van der Waals surface area contributed by atoms with Crippen LogP contribution in [0.25, 0.3) is 11.1 Å². The third kappa shape index (κ3) is 3.98. The fraction of sp³-hybridized carbons (Fsp3) is 0.391. The predicted molar refractivity (Wildman–Crippen MR) is 110 cm³/mol. The molecule has 0 bridgehead atoms. The molecule has 1 unspecified atom stereocenters. The number of carboxylic acid groups (broad SMARTS) is 1. The molecule has 2 aliphatic rings. The number of piperidine rings is 1. The summed E-state index contributed by atoms with van der Waals surface area (Å²) in [6.07, 6.45) is 1.04. The van der Waals surface area contributed by atoms with E-state index in [1.807, 2.05) is 29.2 Å². The lowest BCUT2D eigenvalue weighted by molar-refractivity contribution is -0.143. The number of fused-ring (bicyclic) bond motifs is 3. The molecule has 2 aromatic rings. The van der Waals surface area contributed by atoms with Crippen molar-refractivity contribution in [2.45, 2.75) is 37.8 Å². The van der Waals surface area contributed by atoms with Crippen molar-refractivity contribution in [3.05, 3.63) is 59.7 Å². The standard InChI is InChI=1S/C23H26N2O4/c1-15(22(26)27)25-12-10-16(11-13-25)24-23(28)29-14-21-19-8-4-2-6-17(19)18-7-3-5-9-20(18)21/h2-9,15-16,21H,10-14H2,1H3,(H,24,28)(H,26,27). The molecule has 0 spiro atoms. The van der Waals surface area contributed by atoms with Gasteiger partial charge >= 0.3 is 12.1 Å². The number of hydrogen-bond donors (Lipinski definition) is 2. The van der Waals surface area contributed by atoms with E-state index in [4.69, 9.17) is 9.84 Å². The minimum absolute atomic E-state index is 0.0166. The molecule has 4 rings (SSSR count). The van der Waals surface area contributed by atoms with Crippen LogP contribution in [-0.4, -0.2) is 53.8 Å². The number of carbonyl (C=O) groups is 2. The van der Waals surface area contributed by atoms with Gasteiger partial charge in [0.05, 0.1) is 0 Å². The quantitative estimate of drug-likeness (QED) is 0.812. The van der Waals surface area contributed by atoms with Gasteiger partial charge in [0.25, 0.3) is 0 Å². The van der Waals surface area contributed by atoms with Gasteiger partial charge in [0, 0.05) is 25.0 Å². The molecule has 1 amide bonds. The first kappa shape index (κ1) is 19.5. The third-order valence-electron chi connectivity index (χ3n) is 6.10. The Hall–Kier alpha value is -2.86. The van der Waals surface area contributed by atoms with Crippen molar-refractivity contribution in [2.24, 2.45) is 0 Å². The van der Waals surface area contributed by atoms with Crippen LogP contribution in [0.4, 0.5) is 4.79 Å². The minimum Gasteiger partial charge on any atom is -0.480 e. The van der Waals surface area contributed by atoms with Gasteiger partial charge in [-0.15, -0.1) is 0 Å². The van der Waals surface area contributed by atoms with Crippen LogP contribution in [-0.2, 0) is 9.53 Å². The van der Waals surface area contributed by atoms with Crippen molar-refractivity contribution >= 4 is 12.1 Å². The molecule has 0 radical (unpaired) electrons. The van der Waals surface area contributed by atoms with Crippen LogP contribution >= 0.6 is 0 Å². The number of amides is 1. The third-order valence-corrected chi connectivity index (χ3v) is 6.10. The highest BCUT2D eigenvalue weighted by Crippen LogP contribution is 2.44. The Balaban J connectivity index is 1.32. The van der Waals surface area contributed by atoms with Crippen molar-refractivity contribution < 1.29 is 19.4 Å². The Morgan fingerprint density at radius 3 is 2.17 bits per heavy atom. The zero-order chi connectivity index (χ0) is 20.4. The van der Waals surface area contributed by atoms with Crippen LogP contribution in [0.2, 0.25) is 0 Å². The SMILES string of the molecule is CC(C(=O)O)N1CCC(NC(=O)OCC2c3ccccc3-c3ccccc32)CC1. The summed E-state index contributed by atoms with van der Waals surface area (Å²) in [5.74, 6) is -0.764. The lowest BCUT2D eigenvalue weighted by atomic mass is 9.98. The fourth-order valence-electron chi connectivity index (χ4n) is 4.39. The van der Waals surface area contributed by atoms with Gasteiger partial charge in [0.2, 0.25) is 0 Å². The lowest BCUT2D eigenvalue weighted by Gasteiger charge is -2.34. The molecule has 2 N–H and O–H groups in total. The molecule has 0 aromatic heterocycles. The zero-order valence-electron chi connectivity index (χ0n) is 16.5. The van der Waals surface area contributed by atoms with Crippen LogP contribution in [0.15, 0.2) is 48.5 Å². The smallest absolute Gasteiger partial charge is 0.407 e. The fourth-order valence-corrected chi connectivity index (χ4v) is 4.39. The minimum atomic E-state index is -0.812. The van der Waals surface area contributed by atoms with Gasteiger partial charge in [-0.25, -0.2) is 4.79 Å². The molecule has 6 nitrogen and oxygen atoms in total. The van der Waals surface area contributed by atoms with Crippen LogP contribution in [0.5, 0.6) is 0 Å². The second-order valence-corrected chi connectivity index (χ2v) is 7.79. The summed E-state index contributed by atoms with van der Waals surface area (Å²) < 4.78 is 5.60. The number of benzene rings is 2. The molecule has 6 heteroatoms. The molecule has 152 valence electrons. The summed E-state index contributed by atoms with van der Waals surface area (Å²) in [5.41, 5.74) is 4.80. The number of nitrogens with one attached hydrogen (secondary N) is 1. The van der Waals surface area contributed by atoms with Gasteiger partial charge < -0.3 is 15.2 Å². The normalized spacial score (nSPS) is 18.0. The van der Waals surface area contributed by atoms with E-state index in [-0.39, 0.29) is 12.0 Å². The topological polar surface area (TPSA) is 78.9 Å². The highest BCUT2D eigenvalue weighted by molar-refractivity contribution is 5.79. The van der Waals surface area contributed by atoms with Gasteiger partial charge in [-0.1, -0.05) is 48.5 Å². The summed E-state index contributed by atoms with van der Waals surface area (Å²) in [5, 5.41) is 12.1. The number of nitrogens with zero attached hydrogens (tertiary/aromatic N) is 1. The molecular weight excluding hydrogens is 368 g/mol. The molecule has 1 aliphatic heterocycles. The van der Waals surface area contributed by atoms with Crippen LogP contribution in [0.3, 0.4) is 0 Å². The second kappa shape index (κ2) is 8.25. The first-order valence-corrected chi connectivity index (χ1v) is 10.1. The Morgan fingerprint density at radius 1 is 1.07 bits per heavy atom. The van der Waals surface area contributed by atoms with E-state index in [2.05, 4.69) is 29.6 Å². The molecule has 1 heterocycles. The van der Waals surface area contributed by atoms with Crippen LogP contribution < -0.4 is 5.32 Å². The Labute approximate surface area is 170 Å². The number of aliphatic carboxylic acids is 1. The largest absolute Gasteiger partial charge is 0.480 e. The van der Waals surface area contributed by atoms with E-state index in [0.717, 1.165) is 12.8 Å². The number of ether oxygens (including phenoxy) is 1. The van der Waals surface area contributed by atoms with Crippen molar-refractivity contribution in [1.29, 1.82) is 0 Å². The zero-order valence-corrected chi connectivity index (χ0v) is 16.5. The Bertz CT molecular complexity index is 860. The van der Waals surface area contributed by atoms with Crippen molar-refractivity contribution in [3.8, 4) is 11.1 Å². The van der Waals surface area contributed by atoms with Gasteiger partial charge in [-0.05, 0) is 42.0 Å². The van der Waals surface area contributed by atoms with E-state index >= 15 is 0 Å². The van der Waals surface area contributed by atoms with Gasteiger partial charge in [-0.3, -0.25) is 9.69 Å². The number of likely N-dealkylation sites (tertiary alicyclic amines) is 1. The van der Waals surface area contributed by atoms with E-state index in [1.165, 1.54) is 22.3 Å². The number of alkyl carbamates (subject to hydrolysis) is 1. The van der Waals surface area contributed by atoms with E-state index in [1.54, 1.807) is 6.92 Å². The monoisotopic (exact) mass is 394 g/mol. The first-order valence-electron chi connectivity index (χ1n) is 10.1. The molecule has 1 fully saturated rings. The summed E-state index contributed by atoms with van der Waals surface area (Å²) in [6.45, 7) is 3.31. The molecule has 1 saturated heterocycles. The molecule has 1 atom stereocenters. The summed E-state index contributed by atoms with van der Waals surface area (Å²) in [6, 6.07) is 16.0. The molecular formula is C23H26N2O4. The van der Waals surface area contributed by atoms with Crippen molar-refractivity contribution in [3.63, 3.8) is 0 Å². The van der Waals surface area contributed by atoms with Crippen LogP contribution in [0.1, 0.15) is 36.8 Å². The molecule has 2 aromatic carbocycles. The average molecular weight is 394 g/mol. The molecule has 29 heavy (non-hydrogen) atoms. The van der Waals surface area contributed by atoms with E-state index in [9.17, 15) is 9.59 Å². The number of carbonyl (C=O) groups excluding carboxylic acids is 1. The van der Waals surface area contributed by atoms with E-state index in [0.29, 0.717) is 19.7 Å². The van der Waals surface area contributed by atoms with Gasteiger partial charge in [0.15, 0.2) is 0 Å². The van der Waals surface area contributed by atoms with Gasteiger partial charge in [0.1, 0.15) is 12.6 Å².